The summed E-state index contributed by atoms with van der Waals surface area (Å²) in [5.41, 5.74) is -0.515. The molecule has 1 heterocycles. The Morgan fingerprint density at radius 1 is 1.29 bits per heavy atom. The number of alkyl halides is 3. The van der Waals surface area contributed by atoms with Crippen LogP contribution < -0.4 is 16.0 Å². The molecule has 0 unspecified atom stereocenters. The topological polar surface area (TPSA) is 70.6 Å². The van der Waals surface area contributed by atoms with Crippen molar-refractivity contribution >= 4 is 35.8 Å². The molecule has 1 fully saturated rings. The fraction of sp³-hybridized carbons (Fsp3) is 0.667. The molecule has 0 atom stereocenters. The molecule has 1 saturated carbocycles. The molecule has 0 bridgehead atoms. The van der Waals surface area contributed by atoms with Crippen LogP contribution in [0.15, 0.2) is 23.3 Å². The summed E-state index contributed by atoms with van der Waals surface area (Å²) in [4.78, 5) is 7.95. The van der Waals surface area contributed by atoms with Crippen LogP contribution in [-0.2, 0) is 10.9 Å². The van der Waals surface area contributed by atoms with Crippen molar-refractivity contribution in [1.29, 1.82) is 0 Å². The largest absolute Gasteiger partial charge is 0.419 e. The third-order valence-electron chi connectivity index (χ3n) is 4.93. The van der Waals surface area contributed by atoms with Gasteiger partial charge < -0.3 is 20.7 Å². The predicted molar refractivity (Wildman–Crippen MR) is 115 cm³/mol. The number of hydrogen-bond donors (Lipinski definition) is 3. The van der Waals surface area contributed by atoms with Crippen LogP contribution in [0.2, 0.25) is 0 Å². The van der Waals surface area contributed by atoms with Crippen LogP contribution >= 0.6 is 24.0 Å². The van der Waals surface area contributed by atoms with E-state index >= 15 is 0 Å². The van der Waals surface area contributed by atoms with Gasteiger partial charge in [0.05, 0.1) is 5.56 Å². The van der Waals surface area contributed by atoms with Gasteiger partial charge >= 0.3 is 6.18 Å². The van der Waals surface area contributed by atoms with Gasteiger partial charge in [0, 0.05) is 46.6 Å². The average molecular weight is 515 g/mol. The molecule has 1 aliphatic rings. The number of ether oxygens (including phenoxy) is 1. The molecule has 0 spiro atoms. The second kappa shape index (κ2) is 11.6. The van der Waals surface area contributed by atoms with Gasteiger partial charge in [-0.15, -0.1) is 24.0 Å². The van der Waals surface area contributed by atoms with E-state index in [1.165, 1.54) is 31.5 Å². The van der Waals surface area contributed by atoms with Crippen molar-refractivity contribution in [2.75, 3.05) is 45.7 Å². The summed E-state index contributed by atoms with van der Waals surface area (Å²) in [5.74, 6) is 0.472. The summed E-state index contributed by atoms with van der Waals surface area (Å²) in [7, 11) is 3.38. The first kappa shape index (κ1) is 24.7. The number of rotatable bonds is 9. The first-order valence-corrected chi connectivity index (χ1v) is 9.10. The highest BCUT2D eigenvalue weighted by Gasteiger charge is 2.36. The third kappa shape index (κ3) is 7.26. The lowest BCUT2D eigenvalue weighted by Crippen LogP contribution is -2.47. The molecule has 2 rings (SSSR count). The Hall–Kier alpha value is -1.30. The third-order valence-corrected chi connectivity index (χ3v) is 4.93. The van der Waals surface area contributed by atoms with E-state index < -0.39 is 11.7 Å². The number of nitrogens with zero attached hydrogens (tertiary/aromatic N) is 2. The molecular weight excluding hydrogens is 486 g/mol. The average Bonchev–Trinajstić information content (AvgIpc) is 2.61. The Morgan fingerprint density at radius 3 is 2.61 bits per heavy atom. The molecule has 0 aromatic carbocycles. The Morgan fingerprint density at radius 2 is 2.04 bits per heavy atom. The lowest BCUT2D eigenvalue weighted by atomic mass is 9.67. The fourth-order valence-electron chi connectivity index (χ4n) is 3.14. The van der Waals surface area contributed by atoms with E-state index in [0.29, 0.717) is 12.5 Å². The second-order valence-electron chi connectivity index (χ2n) is 6.77. The summed E-state index contributed by atoms with van der Waals surface area (Å²) >= 11 is 0. The van der Waals surface area contributed by atoms with Crippen LogP contribution in [-0.4, -0.2) is 51.3 Å². The van der Waals surface area contributed by atoms with E-state index in [0.717, 1.165) is 25.6 Å². The summed E-state index contributed by atoms with van der Waals surface area (Å²) < 4.78 is 44.0. The van der Waals surface area contributed by atoms with Gasteiger partial charge in [-0.2, -0.15) is 13.2 Å². The molecule has 0 amide bonds. The number of halogens is 4. The van der Waals surface area contributed by atoms with E-state index in [4.69, 9.17) is 4.74 Å². The zero-order valence-electron chi connectivity index (χ0n) is 16.2. The summed E-state index contributed by atoms with van der Waals surface area (Å²) in [6.45, 7) is 2.25. The maximum atomic E-state index is 12.9. The number of guanidine groups is 1. The van der Waals surface area contributed by atoms with E-state index in [9.17, 15) is 13.2 Å². The van der Waals surface area contributed by atoms with Crippen molar-refractivity contribution in [2.45, 2.75) is 31.9 Å². The van der Waals surface area contributed by atoms with Crippen LogP contribution in [0, 0.1) is 5.41 Å². The predicted octanol–water partition coefficient (Wildman–Crippen LogP) is 3.50. The number of hydrogen-bond acceptors (Lipinski definition) is 4. The lowest BCUT2D eigenvalue weighted by molar-refractivity contribution is -0.137. The molecule has 1 aromatic rings. The quantitative estimate of drug-likeness (QED) is 0.203. The monoisotopic (exact) mass is 515 g/mol. The van der Waals surface area contributed by atoms with Crippen LogP contribution in [0.5, 0.6) is 0 Å². The molecule has 160 valence electrons. The first-order valence-electron chi connectivity index (χ1n) is 9.10. The maximum Gasteiger partial charge on any atom is 0.419 e. The summed E-state index contributed by atoms with van der Waals surface area (Å²) in [6, 6.07) is 2.29. The fourth-order valence-corrected chi connectivity index (χ4v) is 3.14. The van der Waals surface area contributed by atoms with Crippen molar-refractivity contribution in [1.82, 2.24) is 15.6 Å². The maximum absolute atomic E-state index is 12.9. The number of pyridine rings is 1. The highest BCUT2D eigenvalue weighted by Crippen LogP contribution is 2.43. The molecule has 3 N–H and O–H groups in total. The number of anilines is 1. The first-order chi connectivity index (χ1) is 12.9. The smallest absolute Gasteiger partial charge is 0.385 e. The van der Waals surface area contributed by atoms with Gasteiger partial charge in [0.15, 0.2) is 5.96 Å². The molecule has 1 aromatic heterocycles. The molecule has 10 heteroatoms. The summed E-state index contributed by atoms with van der Waals surface area (Å²) in [5, 5.41) is 9.16. The zero-order chi connectivity index (χ0) is 19.8. The van der Waals surface area contributed by atoms with Gasteiger partial charge in [-0.1, -0.05) is 6.42 Å². The van der Waals surface area contributed by atoms with Crippen molar-refractivity contribution in [3.05, 3.63) is 23.9 Å². The van der Waals surface area contributed by atoms with Crippen molar-refractivity contribution in [3.8, 4) is 0 Å². The molecule has 0 aliphatic heterocycles. The SMILES string of the molecule is CN=C(NCCNc1ncccc1C(F)(F)F)NCC1(CCOC)CCC1.I. The standard InChI is InChI=1S/C18H28F3N5O.HI/c1-22-16(26-13-17(6-4-7-17)8-12-27-2)25-11-10-24-15-14(18(19,20)21)5-3-9-23-15;/h3,5,9H,4,6-8,10-13H2,1-2H3,(H,23,24)(H2,22,25,26);1H. The van der Waals surface area contributed by atoms with Crippen molar-refractivity contribution in [2.24, 2.45) is 10.4 Å². The van der Waals surface area contributed by atoms with Gasteiger partial charge in [-0.25, -0.2) is 4.98 Å². The van der Waals surface area contributed by atoms with Gasteiger partial charge in [0.25, 0.3) is 0 Å². The van der Waals surface area contributed by atoms with E-state index in [1.54, 1.807) is 14.2 Å². The normalized spacial score (nSPS) is 16.0. The Kier molecular flexibility index (Phi) is 10.3. The zero-order valence-corrected chi connectivity index (χ0v) is 18.6. The van der Waals surface area contributed by atoms with Crippen LogP contribution in [0.25, 0.3) is 0 Å². The summed E-state index contributed by atoms with van der Waals surface area (Å²) in [6.07, 6.45) is 1.48. The van der Waals surface area contributed by atoms with Crippen LogP contribution in [0.1, 0.15) is 31.2 Å². The van der Waals surface area contributed by atoms with E-state index in [2.05, 4.69) is 25.9 Å². The highest BCUT2D eigenvalue weighted by molar-refractivity contribution is 14.0. The van der Waals surface area contributed by atoms with E-state index in [1.807, 2.05) is 0 Å². The van der Waals surface area contributed by atoms with Crippen LogP contribution in [0.4, 0.5) is 19.0 Å². The Bertz CT molecular complexity index is 623. The van der Waals surface area contributed by atoms with Gasteiger partial charge in [0.1, 0.15) is 5.82 Å². The molecule has 1 aliphatic carbocycles. The van der Waals surface area contributed by atoms with Crippen LogP contribution in [0.3, 0.4) is 0 Å². The minimum absolute atomic E-state index is 0. The molecule has 0 radical (unpaired) electrons. The molecule has 28 heavy (non-hydrogen) atoms. The minimum atomic E-state index is -4.43. The van der Waals surface area contributed by atoms with Gasteiger partial charge in [-0.05, 0) is 36.8 Å². The van der Waals surface area contributed by atoms with Crippen molar-refractivity contribution in [3.63, 3.8) is 0 Å². The Balaban J connectivity index is 0.00000392. The molecular formula is C18H29F3IN5O. The van der Waals surface area contributed by atoms with Gasteiger partial charge in [-0.3, -0.25) is 4.99 Å². The van der Waals surface area contributed by atoms with Crippen molar-refractivity contribution < 1.29 is 17.9 Å². The second-order valence-corrected chi connectivity index (χ2v) is 6.77. The van der Waals surface area contributed by atoms with E-state index in [-0.39, 0.29) is 41.8 Å². The molecule has 6 nitrogen and oxygen atoms in total. The molecule has 0 saturated heterocycles. The lowest BCUT2D eigenvalue weighted by Gasteiger charge is -2.42. The Labute approximate surface area is 181 Å². The number of aromatic nitrogens is 1. The highest BCUT2D eigenvalue weighted by atomic mass is 127. The number of aliphatic imine (C=N–C) groups is 1. The number of nitrogens with one attached hydrogen (secondary N) is 3. The van der Waals surface area contributed by atoms with Gasteiger partial charge in [0.2, 0.25) is 0 Å². The number of methoxy groups -OCH3 is 1. The minimum Gasteiger partial charge on any atom is -0.385 e.